The predicted octanol–water partition coefficient (Wildman–Crippen LogP) is 3.95. The van der Waals surface area contributed by atoms with Crippen LogP contribution in [0.2, 0.25) is 5.02 Å². The molecular weight excluding hydrogens is 459 g/mol. The van der Waals surface area contributed by atoms with Gasteiger partial charge in [-0.05, 0) is 13.8 Å². The highest BCUT2D eigenvalue weighted by Crippen LogP contribution is 2.36. The number of aromatic nitrogens is 4. The van der Waals surface area contributed by atoms with E-state index >= 15 is 0 Å². The number of aliphatic carboxylic acids is 1. The molecule has 0 bridgehead atoms. The molecule has 0 saturated heterocycles. The fourth-order valence-electron chi connectivity index (χ4n) is 2.23. The number of hydrogen-bond donors (Lipinski definition) is 3. The van der Waals surface area contributed by atoms with Crippen molar-refractivity contribution in [2.24, 2.45) is 0 Å². The third-order valence-corrected chi connectivity index (χ3v) is 3.71. The van der Waals surface area contributed by atoms with Gasteiger partial charge in [0, 0.05) is 12.1 Å². The van der Waals surface area contributed by atoms with Gasteiger partial charge in [0.15, 0.2) is 5.82 Å². The van der Waals surface area contributed by atoms with Gasteiger partial charge in [0.2, 0.25) is 0 Å². The lowest BCUT2D eigenvalue weighted by Crippen LogP contribution is -2.21. The summed E-state index contributed by atoms with van der Waals surface area (Å²) in [5.41, 5.74) is 0.519. The number of halogens is 4. The van der Waals surface area contributed by atoms with Crippen LogP contribution in [0.5, 0.6) is 17.5 Å². The third-order valence-electron chi connectivity index (χ3n) is 3.43. The third kappa shape index (κ3) is 6.44. The Morgan fingerprint density at radius 1 is 1.19 bits per heavy atom. The minimum absolute atomic E-state index is 0.0505. The number of hydrogen-bond acceptors (Lipinski definition) is 9. The molecule has 0 saturated carbocycles. The fourth-order valence-corrected chi connectivity index (χ4v) is 2.37. The second-order valence-electron chi connectivity index (χ2n) is 6.21. The van der Waals surface area contributed by atoms with Gasteiger partial charge in [-0.3, -0.25) is 0 Å². The van der Waals surface area contributed by atoms with Gasteiger partial charge < -0.3 is 25.0 Å². The van der Waals surface area contributed by atoms with Crippen LogP contribution in [0.4, 0.5) is 24.8 Å². The second kappa shape index (κ2) is 10.1. The molecule has 0 aliphatic heterocycles. The van der Waals surface area contributed by atoms with Crippen LogP contribution in [0.3, 0.4) is 0 Å². The van der Waals surface area contributed by atoms with Crippen molar-refractivity contribution in [2.45, 2.75) is 26.1 Å². The van der Waals surface area contributed by atoms with Gasteiger partial charge in [-0.1, -0.05) is 11.6 Å². The molecule has 2 aromatic heterocycles. The highest BCUT2D eigenvalue weighted by atomic mass is 35.5. The average Bonchev–Trinajstić information content (AvgIpc) is 2.68. The van der Waals surface area contributed by atoms with Crippen molar-refractivity contribution in [1.82, 2.24) is 19.9 Å². The van der Waals surface area contributed by atoms with E-state index in [1.807, 2.05) is 13.8 Å². The maximum absolute atomic E-state index is 10.6. The summed E-state index contributed by atoms with van der Waals surface area (Å²) in [4.78, 5) is 25.4. The van der Waals surface area contributed by atoms with E-state index in [-0.39, 0.29) is 17.9 Å². The zero-order valence-corrected chi connectivity index (χ0v) is 17.6. The van der Waals surface area contributed by atoms with E-state index in [1.165, 1.54) is 31.8 Å². The number of rotatable bonds is 5. The summed E-state index contributed by atoms with van der Waals surface area (Å²) in [6.07, 6.45) is -2.38. The van der Waals surface area contributed by atoms with E-state index in [4.69, 9.17) is 31.0 Å². The number of carbonyl (C=O) groups is 1. The summed E-state index contributed by atoms with van der Waals surface area (Å²) in [6.45, 7) is 3.78. The maximum atomic E-state index is 10.6. The van der Waals surface area contributed by atoms with E-state index in [2.05, 4.69) is 25.3 Å². The lowest BCUT2D eigenvalue weighted by molar-refractivity contribution is -0.192. The number of fused-ring (bicyclic) bond motifs is 1. The van der Waals surface area contributed by atoms with Crippen LogP contribution >= 0.6 is 11.6 Å². The maximum Gasteiger partial charge on any atom is 0.490 e. The number of phenols is 1. The number of phenolic OH excluding ortho intramolecular Hbond substituents is 1. The van der Waals surface area contributed by atoms with Gasteiger partial charge in [-0.2, -0.15) is 18.2 Å². The van der Waals surface area contributed by atoms with Gasteiger partial charge >= 0.3 is 18.2 Å². The smallest absolute Gasteiger partial charge is 0.490 e. The zero-order chi connectivity index (χ0) is 24.1. The summed E-state index contributed by atoms with van der Waals surface area (Å²) >= 11 is 6.15. The van der Waals surface area contributed by atoms with E-state index in [9.17, 15) is 18.3 Å². The first kappa shape index (κ1) is 24.7. The minimum atomic E-state index is -5.08. The minimum Gasteiger partial charge on any atom is -0.508 e. The molecule has 0 aliphatic carbocycles. The zero-order valence-electron chi connectivity index (χ0n) is 16.8. The first-order chi connectivity index (χ1) is 14.9. The lowest BCUT2D eigenvalue weighted by Gasteiger charge is -2.15. The Morgan fingerprint density at radius 3 is 2.41 bits per heavy atom. The molecule has 0 amide bonds. The van der Waals surface area contributed by atoms with Crippen molar-refractivity contribution in [3.05, 3.63) is 29.7 Å². The van der Waals surface area contributed by atoms with Gasteiger partial charge in [-0.15, -0.1) is 0 Å². The van der Waals surface area contributed by atoms with Crippen LogP contribution in [-0.2, 0) is 4.79 Å². The van der Waals surface area contributed by atoms with E-state index in [0.29, 0.717) is 33.3 Å². The molecule has 0 radical (unpaired) electrons. The summed E-state index contributed by atoms with van der Waals surface area (Å²) in [6, 6.07) is 3.21. The predicted molar refractivity (Wildman–Crippen MR) is 108 cm³/mol. The highest BCUT2D eigenvalue weighted by Gasteiger charge is 2.38. The average molecular weight is 476 g/mol. The Morgan fingerprint density at radius 2 is 1.84 bits per heavy atom. The summed E-state index contributed by atoms with van der Waals surface area (Å²) in [5.74, 6) is -1.49. The second-order valence-corrected chi connectivity index (χ2v) is 6.62. The molecule has 172 valence electrons. The van der Waals surface area contributed by atoms with Gasteiger partial charge in [0.05, 0.1) is 30.3 Å². The number of carboxylic acids is 1. The molecule has 3 N–H and O–H groups in total. The number of nitrogens with one attached hydrogen (secondary N) is 1. The summed E-state index contributed by atoms with van der Waals surface area (Å²) < 4.78 is 42.5. The van der Waals surface area contributed by atoms with Crippen molar-refractivity contribution in [2.75, 3.05) is 12.4 Å². The molecule has 0 atom stereocenters. The number of nitrogens with zero attached hydrogens (tertiary/aromatic N) is 4. The first-order valence-corrected chi connectivity index (χ1v) is 9.08. The molecule has 14 heteroatoms. The molecule has 3 rings (SSSR count). The van der Waals surface area contributed by atoms with Gasteiger partial charge in [0.1, 0.15) is 28.7 Å². The molecule has 3 aromatic rings. The van der Waals surface area contributed by atoms with Crippen molar-refractivity contribution in [3.8, 4) is 17.5 Å². The van der Waals surface area contributed by atoms with E-state index in [0.717, 1.165) is 0 Å². The topological polar surface area (TPSA) is 140 Å². The Kier molecular flexibility index (Phi) is 7.81. The number of ether oxygens (including phenoxy) is 2. The monoisotopic (exact) mass is 475 g/mol. The largest absolute Gasteiger partial charge is 0.508 e. The Hall–Kier alpha value is -3.61. The van der Waals surface area contributed by atoms with Crippen LogP contribution in [0.25, 0.3) is 10.9 Å². The first-order valence-electron chi connectivity index (χ1n) is 8.70. The number of anilines is 2. The molecule has 0 aliphatic rings. The lowest BCUT2D eigenvalue weighted by atomic mass is 10.2. The van der Waals surface area contributed by atoms with E-state index in [1.54, 1.807) is 0 Å². The van der Waals surface area contributed by atoms with Crippen LogP contribution in [0.15, 0.2) is 24.7 Å². The Bertz CT molecular complexity index is 1110. The normalized spacial score (nSPS) is 11.0. The van der Waals surface area contributed by atoms with Crippen molar-refractivity contribution < 1.29 is 37.7 Å². The molecule has 0 fully saturated rings. The van der Waals surface area contributed by atoms with Crippen molar-refractivity contribution in [3.63, 3.8) is 0 Å². The molecule has 1 aromatic carbocycles. The van der Waals surface area contributed by atoms with Crippen LogP contribution < -0.4 is 14.8 Å². The molecule has 32 heavy (non-hydrogen) atoms. The van der Waals surface area contributed by atoms with E-state index < -0.39 is 12.1 Å². The SMILES string of the molecule is COc1ncc(Cl)c(Nc2ncnc3cc(O)cc(OC(C)C)c23)n1.O=C(O)C(F)(F)F. The Labute approximate surface area is 184 Å². The Balaban J connectivity index is 0.000000451. The molecule has 0 spiro atoms. The summed E-state index contributed by atoms with van der Waals surface area (Å²) in [7, 11) is 1.46. The molecule has 10 nitrogen and oxygen atoms in total. The highest BCUT2D eigenvalue weighted by molar-refractivity contribution is 6.33. The van der Waals surface area contributed by atoms with Crippen molar-refractivity contribution >= 4 is 40.1 Å². The quantitative estimate of drug-likeness (QED) is 0.496. The number of alkyl halides is 3. The number of benzene rings is 1. The fraction of sp³-hybridized carbons (Fsp3) is 0.278. The van der Waals surface area contributed by atoms with Gasteiger partial charge in [-0.25, -0.2) is 19.7 Å². The van der Waals surface area contributed by atoms with Crippen LogP contribution in [-0.4, -0.2) is 55.5 Å². The molecule has 0 unspecified atom stereocenters. The number of aromatic hydroxyl groups is 1. The molecule has 2 heterocycles. The number of carboxylic acid groups (broad SMARTS) is 1. The van der Waals surface area contributed by atoms with Crippen LogP contribution in [0.1, 0.15) is 13.8 Å². The number of methoxy groups -OCH3 is 1. The van der Waals surface area contributed by atoms with Crippen LogP contribution in [0, 0.1) is 0 Å². The summed E-state index contributed by atoms with van der Waals surface area (Å²) in [5, 5.41) is 21.0. The van der Waals surface area contributed by atoms with Gasteiger partial charge in [0.25, 0.3) is 0 Å². The molecular formula is C18H17ClF3N5O5. The van der Waals surface area contributed by atoms with Crippen molar-refractivity contribution in [1.29, 1.82) is 0 Å². The standard InChI is InChI=1S/C16H16ClN5O3.C2HF3O2/c1-8(2)25-12-5-9(23)4-11-13(12)15(20-7-19-11)21-14-10(17)6-18-16(22-14)24-3;3-2(4,5)1(6)7/h4-8,23H,1-3H3,(H,18,19,20,21,22);(H,6,7).